The molecule has 2 rings (SSSR count). The molecule has 1 aliphatic heterocycles. The van der Waals surface area contributed by atoms with Crippen molar-refractivity contribution in [2.75, 3.05) is 38.6 Å². The Labute approximate surface area is 142 Å². The Morgan fingerprint density at radius 3 is 2.88 bits per heavy atom. The standard InChI is InChI=1S/C17H25N3O4/c1-12-5-6-15(24-2)14(8-12)19-16(22)9-18-17(23)11-20-7-3-4-13(21)10-20/h5-6,8,13,21H,3-4,7,9-11H2,1-2H3,(H,18,23)(H,19,22)/t13-/m0/s1. The lowest BCUT2D eigenvalue weighted by Gasteiger charge is -2.29. The van der Waals surface area contributed by atoms with Crippen molar-refractivity contribution in [3.05, 3.63) is 23.8 Å². The summed E-state index contributed by atoms with van der Waals surface area (Å²) >= 11 is 0. The number of hydrogen-bond donors (Lipinski definition) is 3. The Morgan fingerprint density at radius 1 is 1.38 bits per heavy atom. The van der Waals surface area contributed by atoms with Crippen molar-refractivity contribution in [3.8, 4) is 5.75 Å². The van der Waals surface area contributed by atoms with Crippen LogP contribution in [0.4, 0.5) is 5.69 Å². The number of carbonyl (C=O) groups is 2. The maximum absolute atomic E-state index is 12.0. The molecule has 1 saturated heterocycles. The number of rotatable bonds is 6. The molecule has 7 nitrogen and oxygen atoms in total. The highest BCUT2D eigenvalue weighted by Gasteiger charge is 2.19. The van der Waals surface area contributed by atoms with Crippen LogP contribution in [0, 0.1) is 6.92 Å². The number of ether oxygens (including phenoxy) is 1. The smallest absolute Gasteiger partial charge is 0.243 e. The van der Waals surface area contributed by atoms with Gasteiger partial charge in [0.05, 0.1) is 32.0 Å². The lowest BCUT2D eigenvalue weighted by molar-refractivity contribution is -0.125. The number of piperidine rings is 1. The van der Waals surface area contributed by atoms with Crippen molar-refractivity contribution >= 4 is 17.5 Å². The van der Waals surface area contributed by atoms with Crippen molar-refractivity contribution in [2.24, 2.45) is 0 Å². The second-order valence-corrected chi connectivity index (χ2v) is 6.06. The van der Waals surface area contributed by atoms with E-state index in [0.29, 0.717) is 18.0 Å². The number of anilines is 1. The molecular weight excluding hydrogens is 310 g/mol. The maximum atomic E-state index is 12.0. The molecule has 0 aromatic heterocycles. The third kappa shape index (κ3) is 5.50. The molecule has 1 heterocycles. The first-order valence-electron chi connectivity index (χ1n) is 8.09. The van der Waals surface area contributed by atoms with Crippen molar-refractivity contribution in [3.63, 3.8) is 0 Å². The average molecular weight is 335 g/mol. The number of nitrogens with one attached hydrogen (secondary N) is 2. The average Bonchev–Trinajstić information content (AvgIpc) is 2.53. The fourth-order valence-corrected chi connectivity index (χ4v) is 2.73. The predicted molar refractivity (Wildman–Crippen MR) is 91.1 cm³/mol. The van der Waals surface area contributed by atoms with Gasteiger partial charge in [0.25, 0.3) is 0 Å². The van der Waals surface area contributed by atoms with E-state index in [-0.39, 0.29) is 31.0 Å². The minimum Gasteiger partial charge on any atom is -0.495 e. The largest absolute Gasteiger partial charge is 0.495 e. The second-order valence-electron chi connectivity index (χ2n) is 6.06. The monoisotopic (exact) mass is 335 g/mol. The highest BCUT2D eigenvalue weighted by Crippen LogP contribution is 2.24. The fourth-order valence-electron chi connectivity index (χ4n) is 2.73. The topological polar surface area (TPSA) is 90.9 Å². The van der Waals surface area contributed by atoms with Gasteiger partial charge in [0.2, 0.25) is 11.8 Å². The lowest BCUT2D eigenvalue weighted by atomic mass is 10.1. The summed E-state index contributed by atoms with van der Waals surface area (Å²) < 4.78 is 5.20. The molecule has 3 N–H and O–H groups in total. The summed E-state index contributed by atoms with van der Waals surface area (Å²) in [5.74, 6) is 0.0315. The van der Waals surface area contributed by atoms with E-state index in [1.165, 1.54) is 7.11 Å². The SMILES string of the molecule is COc1ccc(C)cc1NC(=O)CNC(=O)CN1CCC[C@H](O)C1. The Balaban J connectivity index is 1.78. The molecule has 2 amide bonds. The third-order valence-corrected chi connectivity index (χ3v) is 3.92. The molecule has 7 heteroatoms. The Morgan fingerprint density at radius 2 is 2.17 bits per heavy atom. The van der Waals surface area contributed by atoms with Gasteiger partial charge in [0.1, 0.15) is 5.75 Å². The van der Waals surface area contributed by atoms with Crippen LogP contribution in [-0.2, 0) is 9.59 Å². The van der Waals surface area contributed by atoms with E-state index in [1.54, 1.807) is 6.07 Å². The fraction of sp³-hybridized carbons (Fsp3) is 0.529. The molecule has 0 bridgehead atoms. The van der Waals surface area contributed by atoms with Crippen molar-refractivity contribution < 1.29 is 19.4 Å². The molecule has 132 valence electrons. The Bertz CT molecular complexity index is 591. The molecule has 0 unspecified atom stereocenters. The second kappa shape index (κ2) is 8.65. The van der Waals surface area contributed by atoms with Gasteiger partial charge in [-0.1, -0.05) is 6.07 Å². The molecule has 1 aromatic carbocycles. The lowest BCUT2D eigenvalue weighted by Crippen LogP contribution is -2.45. The Hall–Kier alpha value is -2.12. The summed E-state index contributed by atoms with van der Waals surface area (Å²) in [7, 11) is 1.54. The molecule has 0 aliphatic carbocycles. The van der Waals surface area contributed by atoms with Gasteiger partial charge in [-0.3, -0.25) is 14.5 Å². The summed E-state index contributed by atoms with van der Waals surface area (Å²) in [5.41, 5.74) is 1.58. The minimum absolute atomic E-state index is 0.105. The zero-order valence-electron chi connectivity index (χ0n) is 14.2. The van der Waals surface area contributed by atoms with Crippen LogP contribution >= 0.6 is 0 Å². The van der Waals surface area contributed by atoms with Crippen molar-refractivity contribution in [1.82, 2.24) is 10.2 Å². The van der Waals surface area contributed by atoms with Crippen molar-refractivity contribution in [2.45, 2.75) is 25.9 Å². The number of aliphatic hydroxyl groups excluding tert-OH is 1. The first kappa shape index (κ1) is 18.2. The summed E-state index contributed by atoms with van der Waals surface area (Å²) in [6.45, 7) is 3.30. The van der Waals surface area contributed by atoms with Gasteiger partial charge in [0, 0.05) is 6.54 Å². The van der Waals surface area contributed by atoms with Gasteiger partial charge < -0.3 is 20.5 Å². The number of likely N-dealkylation sites (tertiary alicyclic amines) is 1. The highest BCUT2D eigenvalue weighted by molar-refractivity contribution is 5.96. The number of aryl methyl sites for hydroxylation is 1. The van der Waals surface area contributed by atoms with Crippen LogP contribution in [0.1, 0.15) is 18.4 Å². The molecule has 0 saturated carbocycles. The number of β-amino-alcohol motifs (C(OH)–C–C–N with tert-alkyl or cyclic N) is 1. The van der Waals surface area contributed by atoms with E-state index in [4.69, 9.17) is 4.74 Å². The van der Waals surface area contributed by atoms with Crippen LogP contribution in [0.3, 0.4) is 0 Å². The molecule has 1 fully saturated rings. The summed E-state index contributed by atoms with van der Waals surface area (Å²) in [4.78, 5) is 25.8. The number of nitrogens with zero attached hydrogens (tertiary/aromatic N) is 1. The first-order valence-corrected chi connectivity index (χ1v) is 8.09. The quantitative estimate of drug-likeness (QED) is 0.705. The van der Waals surface area contributed by atoms with Gasteiger partial charge in [-0.2, -0.15) is 0 Å². The normalized spacial score (nSPS) is 18.0. The number of amides is 2. The van der Waals surface area contributed by atoms with E-state index >= 15 is 0 Å². The number of carbonyl (C=O) groups excluding carboxylic acids is 2. The van der Waals surface area contributed by atoms with E-state index in [9.17, 15) is 14.7 Å². The zero-order valence-corrected chi connectivity index (χ0v) is 14.2. The summed E-state index contributed by atoms with van der Waals surface area (Å²) in [6, 6.07) is 5.49. The van der Waals surface area contributed by atoms with E-state index < -0.39 is 0 Å². The van der Waals surface area contributed by atoms with Crippen LogP contribution in [-0.4, -0.2) is 61.2 Å². The molecule has 24 heavy (non-hydrogen) atoms. The number of hydrogen-bond acceptors (Lipinski definition) is 5. The third-order valence-electron chi connectivity index (χ3n) is 3.92. The summed E-state index contributed by atoms with van der Waals surface area (Å²) in [5, 5.41) is 14.9. The predicted octanol–water partition coefficient (Wildman–Crippen LogP) is 0.515. The zero-order chi connectivity index (χ0) is 17.5. The minimum atomic E-state index is -0.372. The van der Waals surface area contributed by atoms with Crippen LogP contribution in [0.2, 0.25) is 0 Å². The number of aliphatic hydroxyl groups is 1. The molecule has 1 atom stereocenters. The highest BCUT2D eigenvalue weighted by atomic mass is 16.5. The van der Waals surface area contributed by atoms with Gasteiger partial charge in [-0.25, -0.2) is 0 Å². The van der Waals surface area contributed by atoms with Gasteiger partial charge in [-0.05, 0) is 44.0 Å². The molecule has 0 radical (unpaired) electrons. The van der Waals surface area contributed by atoms with Gasteiger partial charge in [0.15, 0.2) is 0 Å². The van der Waals surface area contributed by atoms with Crippen molar-refractivity contribution in [1.29, 1.82) is 0 Å². The van der Waals surface area contributed by atoms with Crippen LogP contribution in [0.25, 0.3) is 0 Å². The molecule has 1 aliphatic rings. The van der Waals surface area contributed by atoms with Crippen LogP contribution in [0.5, 0.6) is 5.75 Å². The summed E-state index contributed by atoms with van der Waals surface area (Å²) in [6.07, 6.45) is 1.28. The Kier molecular flexibility index (Phi) is 6.57. The molecule has 0 spiro atoms. The number of methoxy groups -OCH3 is 1. The van der Waals surface area contributed by atoms with Gasteiger partial charge in [-0.15, -0.1) is 0 Å². The van der Waals surface area contributed by atoms with E-state index in [0.717, 1.165) is 24.9 Å². The number of benzene rings is 1. The van der Waals surface area contributed by atoms with Crippen LogP contribution < -0.4 is 15.4 Å². The molecular formula is C17H25N3O4. The van der Waals surface area contributed by atoms with Gasteiger partial charge >= 0.3 is 0 Å². The van der Waals surface area contributed by atoms with Crippen LogP contribution in [0.15, 0.2) is 18.2 Å². The van der Waals surface area contributed by atoms with E-state index in [1.807, 2.05) is 24.0 Å². The van der Waals surface area contributed by atoms with E-state index in [2.05, 4.69) is 10.6 Å². The maximum Gasteiger partial charge on any atom is 0.243 e. The molecule has 1 aromatic rings. The first-order chi connectivity index (χ1) is 11.5.